The van der Waals surface area contributed by atoms with Crippen LogP contribution in [0.3, 0.4) is 0 Å². The first-order valence-electron chi connectivity index (χ1n) is 5.66. The van der Waals surface area contributed by atoms with E-state index in [1.54, 1.807) is 19.1 Å². The zero-order chi connectivity index (χ0) is 14.4. The molecule has 0 aliphatic heterocycles. The Bertz CT molecular complexity index is 482. The average molecular weight is 397 g/mol. The number of rotatable bonds is 5. The van der Waals surface area contributed by atoms with Gasteiger partial charge in [0.2, 0.25) is 0 Å². The number of benzene rings is 1. The molecule has 0 aliphatic carbocycles. The van der Waals surface area contributed by atoms with Crippen molar-refractivity contribution in [3.63, 3.8) is 0 Å². The lowest BCUT2D eigenvalue weighted by Gasteiger charge is -2.20. The molecule has 2 amide bonds. The van der Waals surface area contributed by atoms with Crippen LogP contribution >= 0.6 is 34.2 Å². The third-order valence-corrected chi connectivity index (χ3v) is 3.42. The van der Waals surface area contributed by atoms with Crippen LogP contribution in [0.15, 0.2) is 18.2 Å². The molecule has 1 aromatic rings. The van der Waals surface area contributed by atoms with Crippen molar-refractivity contribution in [3.8, 4) is 0 Å². The standard InChI is InChI=1S/C12H14ClIN2O3/c1-2-16(6-5-11(17)18)12(19)15-10-4-3-8(14)7-9(10)13/h3-4,7H,2,5-6H2,1H3,(H,15,19)(H,17,18). The number of amides is 2. The van der Waals surface area contributed by atoms with Crippen LogP contribution in [-0.4, -0.2) is 35.1 Å². The van der Waals surface area contributed by atoms with Gasteiger partial charge in [-0.05, 0) is 47.7 Å². The number of urea groups is 1. The first-order valence-corrected chi connectivity index (χ1v) is 7.12. The molecular formula is C12H14ClIN2O3. The highest BCUT2D eigenvalue weighted by atomic mass is 127. The van der Waals surface area contributed by atoms with Gasteiger partial charge in [-0.25, -0.2) is 4.79 Å². The number of anilines is 1. The van der Waals surface area contributed by atoms with Gasteiger partial charge in [-0.15, -0.1) is 0 Å². The highest BCUT2D eigenvalue weighted by Gasteiger charge is 2.14. The molecule has 2 N–H and O–H groups in total. The Hall–Kier alpha value is -1.02. The van der Waals surface area contributed by atoms with Gasteiger partial charge >= 0.3 is 12.0 Å². The van der Waals surface area contributed by atoms with E-state index in [-0.39, 0.29) is 19.0 Å². The van der Waals surface area contributed by atoms with E-state index in [1.807, 2.05) is 6.07 Å². The first kappa shape index (κ1) is 16.0. The Kier molecular flexibility index (Phi) is 6.36. The molecule has 0 saturated carbocycles. The summed E-state index contributed by atoms with van der Waals surface area (Å²) >= 11 is 8.14. The van der Waals surface area contributed by atoms with Crippen LogP contribution in [0.2, 0.25) is 5.02 Å². The molecule has 1 aromatic carbocycles. The maximum Gasteiger partial charge on any atom is 0.321 e. The Morgan fingerprint density at radius 1 is 1.47 bits per heavy atom. The molecule has 0 aliphatic rings. The Morgan fingerprint density at radius 2 is 2.16 bits per heavy atom. The van der Waals surface area contributed by atoms with E-state index in [2.05, 4.69) is 27.9 Å². The summed E-state index contributed by atoms with van der Waals surface area (Å²) in [5.41, 5.74) is 0.515. The van der Waals surface area contributed by atoms with Crippen LogP contribution in [0.25, 0.3) is 0 Å². The summed E-state index contributed by atoms with van der Waals surface area (Å²) in [5.74, 6) is -0.932. The number of carbonyl (C=O) groups excluding carboxylic acids is 1. The van der Waals surface area contributed by atoms with Gasteiger partial charge < -0.3 is 15.3 Å². The zero-order valence-corrected chi connectivity index (χ0v) is 13.2. The van der Waals surface area contributed by atoms with Gasteiger partial charge in [-0.1, -0.05) is 11.6 Å². The lowest BCUT2D eigenvalue weighted by Crippen LogP contribution is -2.36. The summed E-state index contributed by atoms with van der Waals surface area (Å²) in [6, 6.07) is 4.93. The SMILES string of the molecule is CCN(CCC(=O)O)C(=O)Nc1ccc(I)cc1Cl. The Morgan fingerprint density at radius 3 is 2.68 bits per heavy atom. The molecule has 0 atom stereocenters. The van der Waals surface area contributed by atoms with Crippen molar-refractivity contribution in [1.29, 1.82) is 0 Å². The summed E-state index contributed by atoms with van der Waals surface area (Å²) in [5, 5.41) is 11.7. The number of aliphatic carboxylic acids is 1. The van der Waals surface area contributed by atoms with Crippen LogP contribution in [0.1, 0.15) is 13.3 Å². The maximum absolute atomic E-state index is 12.0. The second-order valence-electron chi connectivity index (χ2n) is 3.78. The van der Waals surface area contributed by atoms with Gasteiger partial charge in [0, 0.05) is 16.7 Å². The number of nitrogens with one attached hydrogen (secondary N) is 1. The molecule has 0 saturated heterocycles. The van der Waals surface area contributed by atoms with Gasteiger partial charge in [0.1, 0.15) is 0 Å². The fourth-order valence-electron chi connectivity index (χ4n) is 1.42. The lowest BCUT2D eigenvalue weighted by atomic mass is 10.3. The van der Waals surface area contributed by atoms with Crippen molar-refractivity contribution in [2.45, 2.75) is 13.3 Å². The van der Waals surface area contributed by atoms with E-state index in [0.29, 0.717) is 17.3 Å². The van der Waals surface area contributed by atoms with Crippen LogP contribution in [0.5, 0.6) is 0 Å². The van der Waals surface area contributed by atoms with Crippen molar-refractivity contribution in [2.24, 2.45) is 0 Å². The lowest BCUT2D eigenvalue weighted by molar-refractivity contribution is -0.137. The summed E-state index contributed by atoms with van der Waals surface area (Å²) in [6.45, 7) is 2.39. The molecule has 19 heavy (non-hydrogen) atoms. The molecule has 104 valence electrons. The predicted octanol–water partition coefficient (Wildman–Crippen LogP) is 3.27. The number of carboxylic acids is 1. The predicted molar refractivity (Wildman–Crippen MR) is 82.7 cm³/mol. The smallest absolute Gasteiger partial charge is 0.321 e. The third-order valence-electron chi connectivity index (χ3n) is 2.44. The molecule has 5 nitrogen and oxygen atoms in total. The number of nitrogens with zero attached hydrogens (tertiary/aromatic N) is 1. The maximum atomic E-state index is 12.0. The number of hydrogen-bond acceptors (Lipinski definition) is 2. The number of hydrogen-bond donors (Lipinski definition) is 2. The fraction of sp³-hybridized carbons (Fsp3) is 0.333. The average Bonchev–Trinajstić information content (AvgIpc) is 2.33. The zero-order valence-electron chi connectivity index (χ0n) is 10.3. The molecule has 0 heterocycles. The largest absolute Gasteiger partial charge is 0.481 e. The molecule has 0 aromatic heterocycles. The minimum Gasteiger partial charge on any atom is -0.481 e. The van der Waals surface area contributed by atoms with Crippen LogP contribution in [0, 0.1) is 3.57 Å². The van der Waals surface area contributed by atoms with Crippen molar-refractivity contribution < 1.29 is 14.7 Å². The fourth-order valence-corrected chi connectivity index (χ4v) is 2.32. The van der Waals surface area contributed by atoms with Crippen molar-refractivity contribution in [1.82, 2.24) is 4.90 Å². The molecule has 0 bridgehead atoms. The minimum absolute atomic E-state index is 0.0817. The monoisotopic (exact) mass is 396 g/mol. The quantitative estimate of drug-likeness (QED) is 0.751. The summed E-state index contributed by atoms with van der Waals surface area (Å²) in [4.78, 5) is 23.9. The normalized spacial score (nSPS) is 10.1. The molecule has 0 spiro atoms. The van der Waals surface area contributed by atoms with Gasteiger partial charge in [-0.3, -0.25) is 4.79 Å². The molecule has 0 radical (unpaired) electrons. The highest BCUT2D eigenvalue weighted by Crippen LogP contribution is 2.24. The van der Waals surface area contributed by atoms with E-state index < -0.39 is 5.97 Å². The van der Waals surface area contributed by atoms with Crippen LogP contribution in [-0.2, 0) is 4.79 Å². The molecular weight excluding hydrogens is 382 g/mol. The van der Waals surface area contributed by atoms with Crippen molar-refractivity contribution in [2.75, 3.05) is 18.4 Å². The van der Waals surface area contributed by atoms with Crippen LogP contribution in [0.4, 0.5) is 10.5 Å². The van der Waals surface area contributed by atoms with E-state index in [0.717, 1.165) is 3.57 Å². The van der Waals surface area contributed by atoms with Crippen molar-refractivity contribution in [3.05, 3.63) is 26.8 Å². The Labute approximate surface area is 130 Å². The molecule has 0 fully saturated rings. The highest BCUT2D eigenvalue weighted by molar-refractivity contribution is 14.1. The first-order chi connectivity index (χ1) is 8.93. The summed E-state index contributed by atoms with van der Waals surface area (Å²) in [7, 11) is 0. The third kappa shape index (κ3) is 5.23. The van der Waals surface area contributed by atoms with E-state index in [1.165, 1.54) is 4.90 Å². The number of halogens is 2. The molecule has 0 unspecified atom stereocenters. The van der Waals surface area contributed by atoms with Gasteiger partial charge in [0.15, 0.2) is 0 Å². The second kappa shape index (κ2) is 7.54. The van der Waals surface area contributed by atoms with Gasteiger partial charge in [0.05, 0.1) is 17.1 Å². The number of carboxylic acid groups (broad SMARTS) is 1. The minimum atomic E-state index is -0.932. The van der Waals surface area contributed by atoms with E-state index >= 15 is 0 Å². The van der Waals surface area contributed by atoms with Crippen molar-refractivity contribution >= 4 is 51.9 Å². The van der Waals surface area contributed by atoms with E-state index in [4.69, 9.17) is 16.7 Å². The molecule has 1 rings (SSSR count). The van der Waals surface area contributed by atoms with Crippen LogP contribution < -0.4 is 5.32 Å². The summed E-state index contributed by atoms with van der Waals surface area (Å²) in [6.07, 6.45) is -0.0817. The second-order valence-corrected chi connectivity index (χ2v) is 5.43. The molecule has 7 heteroatoms. The van der Waals surface area contributed by atoms with Gasteiger partial charge in [0.25, 0.3) is 0 Å². The van der Waals surface area contributed by atoms with E-state index in [9.17, 15) is 9.59 Å². The topological polar surface area (TPSA) is 69.6 Å². The van der Waals surface area contributed by atoms with Gasteiger partial charge in [-0.2, -0.15) is 0 Å². The summed E-state index contributed by atoms with van der Waals surface area (Å²) < 4.78 is 0.971. The Balaban J connectivity index is 2.68. The number of carbonyl (C=O) groups is 2.